The predicted molar refractivity (Wildman–Crippen MR) is 280 cm³/mol. The van der Waals surface area contributed by atoms with E-state index >= 15 is 0 Å². The van der Waals surface area contributed by atoms with E-state index in [0.717, 1.165) is 0 Å². The van der Waals surface area contributed by atoms with Gasteiger partial charge in [-0.15, -0.1) is 0 Å². The third kappa shape index (κ3) is 16.9. The predicted octanol–water partition coefficient (Wildman–Crippen LogP) is 4.54. The first kappa shape index (κ1) is 61.9. The maximum Gasteiger partial charge on any atom is 0.306 e. The van der Waals surface area contributed by atoms with E-state index in [0.29, 0.717) is 82.3 Å². The maximum absolute atomic E-state index is 14.5. The summed E-state index contributed by atoms with van der Waals surface area (Å²) < 4.78 is 46.1. The highest BCUT2D eigenvalue weighted by atomic mass is 32.2. The van der Waals surface area contributed by atoms with Gasteiger partial charge in [-0.3, -0.25) is 43.2 Å². The van der Waals surface area contributed by atoms with Crippen LogP contribution in [-0.4, -0.2) is 178 Å². The van der Waals surface area contributed by atoms with Crippen molar-refractivity contribution in [3.05, 3.63) is 29.8 Å². The normalized spacial score (nSPS) is 19.8. The molecule has 74 heavy (non-hydrogen) atoms. The van der Waals surface area contributed by atoms with Crippen molar-refractivity contribution in [2.45, 2.75) is 167 Å². The second kappa shape index (κ2) is 28.5. The number of hydrogen-bond acceptors (Lipinski definition) is 13. The van der Waals surface area contributed by atoms with Gasteiger partial charge in [0.15, 0.2) is 5.78 Å². The number of nitrogens with one attached hydrogen (secondary N) is 2. The first-order chi connectivity index (χ1) is 34.9. The molecule has 1 aromatic rings. The summed E-state index contributed by atoms with van der Waals surface area (Å²) in [5.41, 5.74) is 0.609. The van der Waals surface area contributed by atoms with Gasteiger partial charge in [0, 0.05) is 66.1 Å². The minimum atomic E-state index is -3.97. The lowest BCUT2D eigenvalue weighted by Crippen LogP contribution is -2.55. The van der Waals surface area contributed by atoms with E-state index < -0.39 is 81.1 Å². The highest BCUT2D eigenvalue weighted by Gasteiger charge is 2.44. The Kier molecular flexibility index (Phi) is 23.8. The summed E-state index contributed by atoms with van der Waals surface area (Å²) in [6.45, 7) is 15.1. The number of Topliss-reactive ketones (excluding diaryl/α,β-unsaturated/α-hetero) is 1. The number of hydrogen-bond donors (Lipinski definition) is 3. The van der Waals surface area contributed by atoms with Gasteiger partial charge in [-0.25, -0.2) is 8.42 Å². The molecular formula is C54H88N6O13S. The number of carboxylic acids is 1. The third-order valence-corrected chi connectivity index (χ3v) is 17.4. The van der Waals surface area contributed by atoms with Crippen LogP contribution in [0, 0.1) is 35.5 Å². The van der Waals surface area contributed by atoms with E-state index in [4.69, 9.17) is 14.2 Å². The molecule has 0 radical (unpaired) electrons. The molecule has 1 aliphatic carbocycles. The fraction of sp³-hybridized carbons (Fsp3) is 0.759. The Morgan fingerprint density at radius 1 is 0.811 bits per heavy atom. The van der Waals surface area contributed by atoms with E-state index in [1.54, 1.807) is 52.9 Å². The molecule has 2 heterocycles. The van der Waals surface area contributed by atoms with Crippen molar-refractivity contribution in [1.82, 2.24) is 29.6 Å². The van der Waals surface area contributed by atoms with Crippen LogP contribution in [0.4, 0.5) is 0 Å². The molecule has 2 aliphatic heterocycles. The van der Waals surface area contributed by atoms with E-state index in [1.165, 1.54) is 14.2 Å². The highest BCUT2D eigenvalue weighted by Crippen LogP contribution is 2.32. The molecule has 0 spiro atoms. The summed E-state index contributed by atoms with van der Waals surface area (Å²) in [6, 6.07) is 4.14. The molecule has 19 nitrogen and oxygen atoms in total. The smallest absolute Gasteiger partial charge is 0.306 e. The second-order valence-electron chi connectivity index (χ2n) is 21.8. The maximum atomic E-state index is 14.5. The molecule has 0 bridgehead atoms. The molecule has 0 unspecified atom stereocenters. The first-order valence-corrected chi connectivity index (χ1v) is 28.3. The van der Waals surface area contributed by atoms with Crippen molar-refractivity contribution in [2.24, 2.45) is 35.5 Å². The quantitative estimate of drug-likeness (QED) is 0.0898. The van der Waals surface area contributed by atoms with Crippen LogP contribution in [0.1, 0.15) is 125 Å². The van der Waals surface area contributed by atoms with Crippen molar-refractivity contribution < 1.29 is 61.3 Å². The molecule has 5 amide bonds. The van der Waals surface area contributed by atoms with Crippen molar-refractivity contribution in [2.75, 3.05) is 61.6 Å². The number of ether oxygens (including phenoxy) is 3. The number of likely N-dealkylation sites (N-methyl/N-ethyl adjacent to an activating group) is 2. The number of benzene rings is 1. The number of aliphatic carboxylic acids is 1. The topological polar surface area (TPSA) is 239 Å². The van der Waals surface area contributed by atoms with Crippen LogP contribution in [0.5, 0.6) is 5.75 Å². The van der Waals surface area contributed by atoms with Gasteiger partial charge in [-0.2, -0.15) is 0 Å². The van der Waals surface area contributed by atoms with Gasteiger partial charge in [-0.05, 0) is 94.5 Å². The molecule has 9 atom stereocenters. The summed E-state index contributed by atoms with van der Waals surface area (Å²) in [4.78, 5) is 102. The molecule has 3 N–H and O–H groups in total. The number of amides is 5. The van der Waals surface area contributed by atoms with Gasteiger partial charge < -0.3 is 39.3 Å². The lowest BCUT2D eigenvalue weighted by atomic mass is 9.83. The summed E-state index contributed by atoms with van der Waals surface area (Å²) in [5, 5.41) is 11.4. The number of piperidine rings is 1. The fourth-order valence-corrected chi connectivity index (χ4v) is 12.2. The van der Waals surface area contributed by atoms with Crippen LogP contribution < -0.4 is 14.8 Å². The number of ketones is 1. The van der Waals surface area contributed by atoms with Crippen molar-refractivity contribution in [1.29, 1.82) is 0 Å². The summed E-state index contributed by atoms with van der Waals surface area (Å²) in [5.74, 6) is -4.28. The molecular weight excluding hydrogens is 973 g/mol. The van der Waals surface area contributed by atoms with Crippen molar-refractivity contribution in [3.63, 3.8) is 0 Å². The molecule has 1 aromatic carbocycles. The zero-order valence-electron chi connectivity index (χ0n) is 46.2. The lowest BCUT2D eigenvalue weighted by molar-refractivity contribution is -0.149. The average Bonchev–Trinajstić information content (AvgIpc) is 4.12. The number of carbonyl (C=O) groups is 7. The molecule has 0 aromatic heterocycles. The van der Waals surface area contributed by atoms with Crippen LogP contribution in [0.3, 0.4) is 0 Å². The van der Waals surface area contributed by atoms with Crippen LogP contribution in [0.2, 0.25) is 0 Å². The number of nitrogens with zero attached hydrogens (tertiary/aromatic N) is 4. The van der Waals surface area contributed by atoms with Gasteiger partial charge in [0.2, 0.25) is 33.7 Å². The molecule has 2 saturated heterocycles. The van der Waals surface area contributed by atoms with Crippen molar-refractivity contribution in [3.8, 4) is 5.75 Å². The van der Waals surface area contributed by atoms with Gasteiger partial charge in [0.1, 0.15) is 11.8 Å². The Hall–Kier alpha value is -4.66. The van der Waals surface area contributed by atoms with E-state index in [9.17, 15) is 47.1 Å². The Balaban J connectivity index is 1.44. The summed E-state index contributed by atoms with van der Waals surface area (Å²) in [6.07, 6.45) is 2.76. The third-order valence-electron chi connectivity index (χ3n) is 15.5. The van der Waals surface area contributed by atoms with Crippen LogP contribution in [-0.2, 0) is 59.5 Å². The fourth-order valence-electron chi connectivity index (χ4n) is 10.9. The monoisotopic (exact) mass is 1060 g/mol. The lowest BCUT2D eigenvalue weighted by Gasteiger charge is -2.41. The molecule has 3 aliphatic rings. The number of rotatable bonds is 30. The number of carbonyl (C=O) groups excluding carboxylic acids is 6. The SMILES string of the molecule is CC[C@H](C)[C@@H]([C@@H](CC(=O)N1CCC[C@H]1[C@H](OC)[C@@H](C)C(=O)N[C@@H](Cc1ccc(OCCCC(=O)N2CCC(C(=O)O)CC2)cc1)C(=O)NS(=O)(=O)C1CC1)OC)N(C)C(=O)[C@@H](CC(=O)[C@H](C(C)C)N(C)C)C(C)C. The average molecular weight is 1060 g/mol. The Morgan fingerprint density at radius 2 is 1.45 bits per heavy atom. The highest BCUT2D eigenvalue weighted by molar-refractivity contribution is 7.90. The van der Waals surface area contributed by atoms with E-state index in [1.807, 2.05) is 60.5 Å². The number of sulfonamides is 1. The van der Waals surface area contributed by atoms with Gasteiger partial charge in [-0.1, -0.05) is 67.0 Å². The number of likely N-dealkylation sites (tertiary alicyclic amines) is 2. The first-order valence-electron chi connectivity index (χ1n) is 26.8. The van der Waals surface area contributed by atoms with Gasteiger partial charge in [0.25, 0.3) is 5.91 Å². The summed E-state index contributed by atoms with van der Waals surface area (Å²) in [7, 11) is 4.50. The van der Waals surface area contributed by atoms with Gasteiger partial charge in [0.05, 0.1) is 60.4 Å². The summed E-state index contributed by atoms with van der Waals surface area (Å²) >= 11 is 0. The van der Waals surface area contributed by atoms with Crippen LogP contribution in [0.15, 0.2) is 24.3 Å². The van der Waals surface area contributed by atoms with Crippen molar-refractivity contribution >= 4 is 51.3 Å². The Bertz CT molecular complexity index is 2150. The molecule has 418 valence electrons. The molecule has 20 heteroatoms. The number of methoxy groups -OCH3 is 2. The molecule has 3 fully saturated rings. The zero-order chi connectivity index (χ0) is 55.2. The standard InChI is InChI=1S/C54H88N6O13S/c1-13-35(6)49(58(10)53(66)41(33(2)3)31-44(61)48(34(4)5)57(8)9)45(71-11)32-47(63)60-26-14-16-43(60)50(72-12)36(7)51(64)55-42(52(65)56-74(69,70)40-22-23-40)30-37-18-20-39(21-19-37)73-29-15-17-46(62)59-27-24-38(25-28-59)54(67)68/h18-21,33-36,38,40-43,45,48-50H,13-17,22-32H2,1-12H3,(H,55,64)(H,56,65)(H,67,68)/t35-,36+,41-,42-,43-,45+,48-,49-,50+/m0/s1. The molecule has 4 rings (SSSR count). The van der Waals surface area contributed by atoms with E-state index in [2.05, 4.69) is 10.0 Å². The van der Waals surface area contributed by atoms with Crippen LogP contribution in [0.25, 0.3) is 0 Å². The van der Waals surface area contributed by atoms with Gasteiger partial charge >= 0.3 is 5.97 Å². The number of carboxylic acid groups (broad SMARTS) is 1. The van der Waals surface area contributed by atoms with Crippen LogP contribution >= 0.6 is 0 Å². The minimum absolute atomic E-state index is 0.00607. The minimum Gasteiger partial charge on any atom is -0.494 e. The zero-order valence-corrected chi connectivity index (χ0v) is 47.0. The Morgan fingerprint density at radius 3 is 1.97 bits per heavy atom. The second-order valence-corrected chi connectivity index (χ2v) is 23.8. The Labute approximate surface area is 440 Å². The van der Waals surface area contributed by atoms with E-state index in [-0.39, 0.29) is 79.6 Å². The largest absolute Gasteiger partial charge is 0.494 e. The molecule has 1 saturated carbocycles.